The molecule has 30 heavy (non-hydrogen) atoms. The molecule has 1 unspecified atom stereocenters. The van der Waals surface area contributed by atoms with Gasteiger partial charge in [0.05, 0.1) is 25.9 Å². The number of methoxy groups -OCH3 is 1. The average molecular weight is 408 g/mol. The van der Waals surface area contributed by atoms with Gasteiger partial charge >= 0.3 is 0 Å². The molecule has 0 aromatic heterocycles. The van der Waals surface area contributed by atoms with Crippen LogP contribution in [0.2, 0.25) is 0 Å². The summed E-state index contributed by atoms with van der Waals surface area (Å²) < 4.78 is 11.6. The van der Waals surface area contributed by atoms with Gasteiger partial charge in [0.15, 0.2) is 0 Å². The summed E-state index contributed by atoms with van der Waals surface area (Å²) in [6.07, 6.45) is 7.84. The molecule has 1 fully saturated rings. The maximum Gasteiger partial charge on any atom is 0.227 e. The van der Waals surface area contributed by atoms with Gasteiger partial charge in [-0.3, -0.25) is 4.79 Å². The average Bonchev–Trinajstić information content (AvgIpc) is 3.17. The summed E-state index contributed by atoms with van der Waals surface area (Å²) in [7, 11) is 1.67. The topological polar surface area (TPSA) is 38.8 Å². The summed E-state index contributed by atoms with van der Waals surface area (Å²) in [4.78, 5) is 14.1. The van der Waals surface area contributed by atoms with Gasteiger partial charge < -0.3 is 14.4 Å². The van der Waals surface area contributed by atoms with Gasteiger partial charge in [-0.1, -0.05) is 56.5 Å². The predicted molar refractivity (Wildman–Crippen MR) is 122 cm³/mol. The zero-order valence-corrected chi connectivity index (χ0v) is 18.2. The number of rotatable bonds is 11. The quantitative estimate of drug-likeness (QED) is 0.328. The molecule has 1 heterocycles. The van der Waals surface area contributed by atoms with Crippen molar-refractivity contribution in [3.63, 3.8) is 0 Å². The molecule has 160 valence electrons. The number of hydrogen-bond donors (Lipinski definition) is 0. The second-order valence-corrected chi connectivity index (χ2v) is 7.84. The lowest BCUT2D eigenvalue weighted by Crippen LogP contribution is -2.31. The van der Waals surface area contributed by atoms with Crippen LogP contribution in [-0.4, -0.2) is 19.1 Å². The largest absolute Gasteiger partial charge is 0.497 e. The van der Waals surface area contributed by atoms with Gasteiger partial charge in [-0.2, -0.15) is 0 Å². The van der Waals surface area contributed by atoms with Gasteiger partial charge in [-0.15, -0.1) is 6.58 Å². The highest BCUT2D eigenvalue weighted by Crippen LogP contribution is 2.31. The lowest BCUT2D eigenvalue weighted by Gasteiger charge is -2.24. The SMILES string of the molecule is C=C[C@H]1CCC(=O)N1c1ccc(C(CCCCC)OCc2ccc(OC)cc2)cc1. The fraction of sp³-hybridized carbons (Fsp3) is 0.423. The van der Waals surface area contributed by atoms with E-state index >= 15 is 0 Å². The molecule has 3 rings (SSSR count). The van der Waals surface area contributed by atoms with Crippen LogP contribution >= 0.6 is 0 Å². The Morgan fingerprint density at radius 3 is 2.50 bits per heavy atom. The van der Waals surface area contributed by atoms with Crippen LogP contribution in [0.5, 0.6) is 5.75 Å². The Hall–Kier alpha value is -2.59. The van der Waals surface area contributed by atoms with Gasteiger partial charge in [0, 0.05) is 12.1 Å². The lowest BCUT2D eigenvalue weighted by atomic mass is 10.0. The zero-order chi connectivity index (χ0) is 21.3. The molecule has 4 nitrogen and oxygen atoms in total. The Morgan fingerprint density at radius 1 is 1.13 bits per heavy atom. The minimum Gasteiger partial charge on any atom is -0.497 e. The smallest absolute Gasteiger partial charge is 0.227 e. The Balaban J connectivity index is 1.70. The van der Waals surface area contributed by atoms with Crippen LogP contribution in [0.15, 0.2) is 61.2 Å². The van der Waals surface area contributed by atoms with E-state index < -0.39 is 0 Å². The summed E-state index contributed by atoms with van der Waals surface area (Å²) in [5, 5.41) is 0. The van der Waals surface area contributed by atoms with Crippen LogP contribution in [0.3, 0.4) is 0 Å². The third kappa shape index (κ3) is 5.51. The number of anilines is 1. The van der Waals surface area contributed by atoms with Gasteiger partial charge in [-0.25, -0.2) is 0 Å². The fourth-order valence-electron chi connectivity index (χ4n) is 3.96. The number of carbonyl (C=O) groups is 1. The van der Waals surface area contributed by atoms with Crippen molar-refractivity contribution in [3.8, 4) is 5.75 Å². The number of hydrogen-bond acceptors (Lipinski definition) is 3. The Labute approximate surface area is 180 Å². The van der Waals surface area contributed by atoms with Crippen LogP contribution in [-0.2, 0) is 16.1 Å². The summed E-state index contributed by atoms with van der Waals surface area (Å²) >= 11 is 0. The molecular weight excluding hydrogens is 374 g/mol. The van der Waals surface area contributed by atoms with Gasteiger partial charge in [-0.05, 0) is 48.2 Å². The maximum absolute atomic E-state index is 12.3. The van der Waals surface area contributed by atoms with Crippen molar-refractivity contribution in [3.05, 3.63) is 72.3 Å². The second-order valence-electron chi connectivity index (χ2n) is 7.84. The molecular formula is C26H33NO3. The first kappa shape index (κ1) is 22.1. The van der Waals surface area contributed by atoms with Crippen LogP contribution in [0, 0.1) is 0 Å². The van der Waals surface area contributed by atoms with Crippen LogP contribution in [0.1, 0.15) is 62.7 Å². The summed E-state index contributed by atoms with van der Waals surface area (Å²) in [5.74, 6) is 1.02. The van der Waals surface area contributed by atoms with E-state index in [0.717, 1.165) is 41.8 Å². The third-order valence-electron chi connectivity index (χ3n) is 5.75. The molecule has 0 bridgehead atoms. The number of carbonyl (C=O) groups excluding carboxylic acids is 1. The molecule has 1 aliphatic rings. The molecule has 0 spiro atoms. The molecule has 2 aromatic carbocycles. The van der Waals surface area contributed by atoms with Crippen LogP contribution in [0.4, 0.5) is 5.69 Å². The van der Waals surface area contributed by atoms with Crippen molar-refractivity contribution in [2.24, 2.45) is 0 Å². The van der Waals surface area contributed by atoms with Crippen molar-refractivity contribution in [2.45, 2.75) is 64.2 Å². The van der Waals surface area contributed by atoms with Crippen molar-refractivity contribution in [1.82, 2.24) is 0 Å². The molecule has 4 heteroatoms. The first-order valence-electron chi connectivity index (χ1n) is 10.9. The fourth-order valence-corrected chi connectivity index (χ4v) is 3.96. The number of amides is 1. The van der Waals surface area contributed by atoms with E-state index in [1.54, 1.807) is 7.11 Å². The molecule has 0 aliphatic carbocycles. The van der Waals surface area contributed by atoms with Gasteiger partial charge in [0.25, 0.3) is 0 Å². The van der Waals surface area contributed by atoms with E-state index in [2.05, 4.69) is 25.6 Å². The Morgan fingerprint density at radius 2 is 1.87 bits per heavy atom. The predicted octanol–water partition coefficient (Wildman–Crippen LogP) is 6.21. The minimum absolute atomic E-state index is 0.0391. The molecule has 0 radical (unpaired) electrons. The Bertz CT molecular complexity index is 813. The van der Waals surface area contributed by atoms with Crippen molar-refractivity contribution < 1.29 is 14.3 Å². The van der Waals surface area contributed by atoms with Crippen LogP contribution < -0.4 is 9.64 Å². The molecule has 0 saturated carbocycles. The Kier molecular flexibility index (Phi) is 8.09. The first-order chi connectivity index (χ1) is 14.7. The van der Waals surface area contributed by atoms with Crippen molar-refractivity contribution >= 4 is 11.6 Å². The number of ether oxygens (including phenoxy) is 2. The first-order valence-corrected chi connectivity index (χ1v) is 10.9. The second kappa shape index (κ2) is 11.0. The summed E-state index contributed by atoms with van der Waals surface area (Å²) in [6.45, 7) is 6.66. The summed E-state index contributed by atoms with van der Waals surface area (Å²) in [5.41, 5.74) is 3.23. The highest BCUT2D eigenvalue weighted by Gasteiger charge is 2.30. The number of nitrogens with zero attached hydrogens (tertiary/aromatic N) is 1. The van der Waals surface area contributed by atoms with Gasteiger partial charge in [0.2, 0.25) is 5.91 Å². The monoisotopic (exact) mass is 407 g/mol. The van der Waals surface area contributed by atoms with E-state index in [9.17, 15) is 4.79 Å². The highest BCUT2D eigenvalue weighted by molar-refractivity contribution is 5.96. The van der Waals surface area contributed by atoms with Crippen molar-refractivity contribution in [2.75, 3.05) is 12.0 Å². The molecule has 1 saturated heterocycles. The molecule has 0 N–H and O–H groups in total. The number of unbranched alkanes of at least 4 members (excludes halogenated alkanes) is 2. The molecule has 2 atom stereocenters. The van der Waals surface area contributed by atoms with E-state index in [-0.39, 0.29) is 18.1 Å². The van der Waals surface area contributed by atoms with E-state index in [0.29, 0.717) is 13.0 Å². The normalized spacial score (nSPS) is 17.2. The van der Waals surface area contributed by atoms with E-state index in [1.807, 2.05) is 47.4 Å². The van der Waals surface area contributed by atoms with E-state index in [4.69, 9.17) is 9.47 Å². The molecule has 1 aliphatic heterocycles. The van der Waals surface area contributed by atoms with E-state index in [1.165, 1.54) is 12.8 Å². The molecule has 1 amide bonds. The highest BCUT2D eigenvalue weighted by atomic mass is 16.5. The third-order valence-corrected chi connectivity index (χ3v) is 5.75. The number of benzene rings is 2. The lowest BCUT2D eigenvalue weighted by molar-refractivity contribution is -0.117. The minimum atomic E-state index is 0.0391. The zero-order valence-electron chi connectivity index (χ0n) is 18.2. The standard InChI is InChI=1S/C26H33NO3/c1-4-6-7-8-25(30-19-20-9-16-24(29-3)17-10-20)21-11-13-23(14-12-21)27-22(5-2)15-18-26(27)28/h5,9-14,16-17,22,25H,2,4,6-8,15,18-19H2,1,3H3/t22-,25?/m0/s1. The maximum atomic E-state index is 12.3. The van der Waals surface area contributed by atoms with Crippen molar-refractivity contribution in [1.29, 1.82) is 0 Å². The molecule has 2 aromatic rings. The summed E-state index contributed by atoms with van der Waals surface area (Å²) in [6, 6.07) is 16.4. The van der Waals surface area contributed by atoms with Crippen LogP contribution in [0.25, 0.3) is 0 Å². The van der Waals surface area contributed by atoms with Gasteiger partial charge in [0.1, 0.15) is 5.75 Å².